The topological polar surface area (TPSA) is 128 Å². The summed E-state index contributed by atoms with van der Waals surface area (Å²) in [5.74, 6) is 6.59. The van der Waals surface area contributed by atoms with Crippen LogP contribution in [-0.2, 0) is 14.3 Å². The lowest BCUT2D eigenvalue weighted by Gasteiger charge is -2.35. The van der Waals surface area contributed by atoms with Crippen LogP contribution >= 0.6 is 0 Å². The van der Waals surface area contributed by atoms with Crippen molar-refractivity contribution in [2.45, 2.75) is 18.6 Å². The molecule has 1 fully saturated rings. The Kier molecular flexibility index (Phi) is 8.03. The van der Waals surface area contributed by atoms with Gasteiger partial charge in [-0.3, -0.25) is 14.6 Å². The largest absolute Gasteiger partial charge is 0.489 e. The molecule has 210 valence electrons. The third-order valence-electron chi connectivity index (χ3n) is 6.32. The summed E-state index contributed by atoms with van der Waals surface area (Å²) in [6, 6.07) is 16.5. The SMILES string of the molecule is CCNC(=O)OC1(C#Cc2ccc3c(c2)N(C)C(=O)[C@H](NC(=O)c2cc(Oc4ccccc4)ccn2)CO3)COC1. The highest BCUT2D eigenvalue weighted by molar-refractivity contribution is 6.03. The number of rotatable bonds is 6. The zero-order valence-corrected chi connectivity index (χ0v) is 22.5. The summed E-state index contributed by atoms with van der Waals surface area (Å²) in [6.45, 7) is 2.48. The van der Waals surface area contributed by atoms with Gasteiger partial charge in [0.1, 0.15) is 48.8 Å². The van der Waals surface area contributed by atoms with Crippen LogP contribution in [0.1, 0.15) is 23.0 Å². The number of amides is 3. The molecule has 0 unspecified atom stereocenters. The number of aromatic nitrogens is 1. The van der Waals surface area contributed by atoms with Crippen molar-refractivity contribution in [2.24, 2.45) is 0 Å². The second-order valence-electron chi connectivity index (χ2n) is 9.37. The monoisotopic (exact) mass is 556 g/mol. The number of ether oxygens (including phenoxy) is 4. The molecule has 11 heteroatoms. The van der Waals surface area contributed by atoms with Gasteiger partial charge >= 0.3 is 6.09 Å². The Morgan fingerprint density at radius 3 is 2.66 bits per heavy atom. The summed E-state index contributed by atoms with van der Waals surface area (Å²) < 4.78 is 22.3. The maximum atomic E-state index is 13.3. The minimum absolute atomic E-state index is 0.0754. The molecule has 1 saturated heterocycles. The van der Waals surface area contributed by atoms with E-state index in [1.54, 1.807) is 50.4 Å². The molecular weight excluding hydrogens is 528 g/mol. The van der Waals surface area contributed by atoms with Crippen molar-refractivity contribution < 1.29 is 33.3 Å². The molecule has 5 rings (SSSR count). The predicted molar refractivity (Wildman–Crippen MR) is 148 cm³/mol. The molecule has 0 radical (unpaired) electrons. The molecule has 3 amide bonds. The van der Waals surface area contributed by atoms with E-state index in [-0.39, 0.29) is 31.4 Å². The highest BCUT2D eigenvalue weighted by atomic mass is 16.6. The molecule has 41 heavy (non-hydrogen) atoms. The Morgan fingerprint density at radius 1 is 1.12 bits per heavy atom. The van der Waals surface area contributed by atoms with Crippen molar-refractivity contribution in [3.8, 4) is 29.1 Å². The fourth-order valence-corrected chi connectivity index (χ4v) is 4.12. The first-order valence-electron chi connectivity index (χ1n) is 13.0. The van der Waals surface area contributed by atoms with Crippen LogP contribution in [0.15, 0.2) is 66.9 Å². The second-order valence-corrected chi connectivity index (χ2v) is 9.37. The number of pyridine rings is 1. The zero-order valence-electron chi connectivity index (χ0n) is 22.5. The van der Waals surface area contributed by atoms with Crippen molar-refractivity contribution in [2.75, 3.05) is 38.3 Å². The van der Waals surface area contributed by atoms with E-state index in [2.05, 4.69) is 27.5 Å². The molecule has 0 saturated carbocycles. The van der Waals surface area contributed by atoms with Crippen molar-refractivity contribution in [3.63, 3.8) is 0 Å². The van der Waals surface area contributed by atoms with Crippen LogP contribution in [0.4, 0.5) is 10.5 Å². The van der Waals surface area contributed by atoms with E-state index in [4.69, 9.17) is 18.9 Å². The van der Waals surface area contributed by atoms with Gasteiger partial charge < -0.3 is 34.5 Å². The third-order valence-corrected chi connectivity index (χ3v) is 6.32. The fourth-order valence-electron chi connectivity index (χ4n) is 4.12. The first-order valence-corrected chi connectivity index (χ1v) is 13.0. The summed E-state index contributed by atoms with van der Waals surface area (Å²) in [6.07, 6.45) is 0.897. The number of likely N-dealkylation sites (N-methyl/N-ethyl adjacent to an activating group) is 1. The minimum Gasteiger partial charge on any atom is -0.489 e. The Labute approximate surface area is 236 Å². The average molecular weight is 557 g/mol. The Morgan fingerprint density at radius 2 is 1.93 bits per heavy atom. The quantitative estimate of drug-likeness (QED) is 0.444. The highest BCUT2D eigenvalue weighted by Gasteiger charge is 2.41. The normalized spacial score (nSPS) is 16.9. The Bertz CT molecular complexity index is 1510. The standard InChI is InChI=1S/C30H28N4O7/c1-3-31-29(37)41-30(18-38-19-30)13-11-20-9-10-26-25(15-20)34(2)28(36)24(17-39-26)33-27(35)23-16-22(12-14-32-23)40-21-7-5-4-6-8-21/h4-10,12,14-16,24H,3,17-19H2,1-2H3,(H,31,37)(H,33,35)/t24-/m1/s1. The number of alkyl carbamates (subject to hydrolysis) is 1. The smallest absolute Gasteiger partial charge is 0.408 e. The summed E-state index contributed by atoms with van der Waals surface area (Å²) in [5, 5.41) is 5.30. The van der Waals surface area contributed by atoms with Crippen molar-refractivity contribution in [1.82, 2.24) is 15.6 Å². The molecule has 1 aromatic heterocycles. The van der Waals surface area contributed by atoms with Crippen LogP contribution in [-0.4, -0.2) is 67.9 Å². The number of anilines is 1. The number of fused-ring (bicyclic) bond motifs is 1. The van der Waals surface area contributed by atoms with E-state index in [0.29, 0.717) is 35.0 Å². The van der Waals surface area contributed by atoms with E-state index in [1.807, 2.05) is 18.2 Å². The van der Waals surface area contributed by atoms with Crippen molar-refractivity contribution in [3.05, 3.63) is 78.1 Å². The van der Waals surface area contributed by atoms with Gasteiger partial charge in [0.15, 0.2) is 0 Å². The minimum atomic E-state index is -1.03. The molecule has 0 bridgehead atoms. The van der Waals surface area contributed by atoms with E-state index in [1.165, 1.54) is 17.2 Å². The lowest BCUT2D eigenvalue weighted by Crippen LogP contribution is -2.53. The van der Waals surface area contributed by atoms with Crippen LogP contribution in [0.5, 0.6) is 17.2 Å². The summed E-state index contributed by atoms with van der Waals surface area (Å²) in [4.78, 5) is 43.8. The van der Waals surface area contributed by atoms with Crippen molar-refractivity contribution in [1.29, 1.82) is 0 Å². The molecule has 3 aromatic rings. The van der Waals surface area contributed by atoms with Crippen LogP contribution in [0.3, 0.4) is 0 Å². The Hall–Kier alpha value is -5.08. The number of benzene rings is 2. The molecule has 0 aliphatic carbocycles. The van der Waals surface area contributed by atoms with Crippen molar-refractivity contribution >= 4 is 23.6 Å². The zero-order chi connectivity index (χ0) is 28.8. The number of hydrogen-bond donors (Lipinski definition) is 2. The Balaban J connectivity index is 1.27. The fraction of sp³-hybridized carbons (Fsp3) is 0.267. The van der Waals surface area contributed by atoms with Gasteiger partial charge in [-0.1, -0.05) is 24.1 Å². The second kappa shape index (κ2) is 12.0. The van der Waals surface area contributed by atoms with Gasteiger partial charge in [-0.25, -0.2) is 4.79 Å². The van der Waals surface area contributed by atoms with Gasteiger partial charge in [-0.15, -0.1) is 0 Å². The van der Waals surface area contributed by atoms with E-state index < -0.39 is 23.6 Å². The van der Waals surface area contributed by atoms with E-state index in [9.17, 15) is 14.4 Å². The maximum Gasteiger partial charge on any atom is 0.408 e. The molecule has 2 aliphatic rings. The van der Waals surface area contributed by atoms with Gasteiger partial charge in [-0.2, -0.15) is 0 Å². The van der Waals surface area contributed by atoms with Gasteiger partial charge in [0.25, 0.3) is 11.8 Å². The number of nitrogens with zero attached hydrogens (tertiary/aromatic N) is 2. The van der Waals surface area contributed by atoms with Gasteiger partial charge in [0.2, 0.25) is 5.60 Å². The van der Waals surface area contributed by atoms with Crippen LogP contribution in [0.25, 0.3) is 0 Å². The number of hydrogen-bond acceptors (Lipinski definition) is 8. The van der Waals surface area contributed by atoms with Crippen LogP contribution < -0.4 is 25.0 Å². The van der Waals surface area contributed by atoms with E-state index >= 15 is 0 Å². The first kappa shape index (κ1) is 27.5. The molecule has 2 N–H and O–H groups in total. The lowest BCUT2D eigenvalue weighted by atomic mass is 10.0. The lowest BCUT2D eigenvalue weighted by molar-refractivity contribution is -0.142. The summed E-state index contributed by atoms with van der Waals surface area (Å²) in [5.41, 5.74) is 0.132. The van der Waals surface area contributed by atoms with Gasteiger partial charge in [0.05, 0.1) is 5.69 Å². The van der Waals surface area contributed by atoms with Crippen LogP contribution in [0.2, 0.25) is 0 Å². The maximum absolute atomic E-state index is 13.3. The number of para-hydroxylation sites is 1. The molecule has 2 aliphatic heterocycles. The molecule has 2 aromatic carbocycles. The number of carbonyl (C=O) groups is 3. The predicted octanol–water partition coefficient (Wildman–Crippen LogP) is 2.89. The van der Waals surface area contributed by atoms with E-state index in [0.717, 1.165) is 0 Å². The first-order chi connectivity index (χ1) is 19.9. The van der Waals surface area contributed by atoms with Gasteiger partial charge in [-0.05, 0) is 49.2 Å². The highest BCUT2D eigenvalue weighted by Crippen LogP contribution is 2.32. The molecule has 3 heterocycles. The van der Waals surface area contributed by atoms with Gasteiger partial charge in [0, 0.05) is 31.4 Å². The number of carbonyl (C=O) groups excluding carboxylic acids is 3. The molecular formula is C30H28N4O7. The summed E-state index contributed by atoms with van der Waals surface area (Å²) >= 11 is 0. The molecule has 1 atom stereocenters. The molecule has 0 spiro atoms. The number of nitrogens with one attached hydrogen (secondary N) is 2. The molecule has 11 nitrogen and oxygen atoms in total. The summed E-state index contributed by atoms with van der Waals surface area (Å²) in [7, 11) is 1.60. The third kappa shape index (κ3) is 6.40. The van der Waals surface area contributed by atoms with Crippen LogP contribution in [0, 0.1) is 11.8 Å². The average Bonchev–Trinajstić information content (AvgIpc) is 3.07.